The summed E-state index contributed by atoms with van der Waals surface area (Å²) in [6.45, 7) is 5.12. The van der Waals surface area contributed by atoms with Crippen LogP contribution in [0.1, 0.15) is 50.2 Å². The molecular formula is C24H24BrNO2. The first-order chi connectivity index (χ1) is 13.4. The summed E-state index contributed by atoms with van der Waals surface area (Å²) in [7, 11) is 0. The molecule has 2 bridgehead atoms. The minimum Gasteiger partial charge on any atom is -0.474 e. The van der Waals surface area contributed by atoms with Crippen molar-refractivity contribution < 1.29 is 9.53 Å². The van der Waals surface area contributed by atoms with E-state index in [1.807, 2.05) is 0 Å². The van der Waals surface area contributed by atoms with Crippen LogP contribution in [0, 0.1) is 5.41 Å². The van der Waals surface area contributed by atoms with Crippen LogP contribution in [0.15, 0.2) is 64.3 Å². The van der Waals surface area contributed by atoms with Gasteiger partial charge in [0.1, 0.15) is 5.76 Å². The summed E-state index contributed by atoms with van der Waals surface area (Å²) in [5.74, 6) is 1.36. The van der Waals surface area contributed by atoms with Gasteiger partial charge in [-0.15, -0.1) is 0 Å². The number of halogens is 1. The van der Waals surface area contributed by atoms with Crippen LogP contribution in [0.25, 0.3) is 0 Å². The molecule has 3 nitrogen and oxygen atoms in total. The lowest BCUT2D eigenvalue weighted by Gasteiger charge is -2.48. The van der Waals surface area contributed by atoms with Crippen LogP contribution in [0.4, 0.5) is 5.69 Å². The number of hydrogen-bond acceptors (Lipinski definition) is 3. The average molecular weight is 438 g/mol. The van der Waals surface area contributed by atoms with Crippen LogP contribution >= 0.6 is 15.9 Å². The molecule has 0 unspecified atom stereocenters. The summed E-state index contributed by atoms with van der Waals surface area (Å²) in [5, 5.41) is 0. The molecule has 0 N–H and O–H groups in total. The van der Waals surface area contributed by atoms with E-state index in [9.17, 15) is 4.79 Å². The second-order valence-electron chi connectivity index (χ2n) is 8.95. The highest BCUT2D eigenvalue weighted by atomic mass is 79.9. The van der Waals surface area contributed by atoms with Crippen molar-refractivity contribution >= 4 is 27.4 Å². The number of fused-ring (bicyclic) bond motifs is 5. The van der Waals surface area contributed by atoms with Crippen LogP contribution < -0.4 is 4.90 Å². The number of carbonyl (C=O) groups is 1. The highest BCUT2D eigenvalue weighted by Crippen LogP contribution is 2.52. The summed E-state index contributed by atoms with van der Waals surface area (Å²) >= 11 is 3.52. The molecule has 0 amide bonds. The van der Waals surface area contributed by atoms with Gasteiger partial charge in [-0.2, -0.15) is 0 Å². The monoisotopic (exact) mass is 437 g/mol. The summed E-state index contributed by atoms with van der Waals surface area (Å²) in [6.07, 6.45) is 2.28. The molecule has 1 aliphatic carbocycles. The maximum atomic E-state index is 13.0. The van der Waals surface area contributed by atoms with Gasteiger partial charge in [0.15, 0.2) is 12.0 Å². The zero-order valence-corrected chi connectivity index (χ0v) is 17.8. The quantitative estimate of drug-likeness (QED) is 0.581. The number of allylic oxidation sites excluding steroid dienone is 2. The summed E-state index contributed by atoms with van der Waals surface area (Å²) in [6, 6.07) is 17.0. The van der Waals surface area contributed by atoms with E-state index in [0.29, 0.717) is 6.42 Å². The average Bonchev–Trinajstić information content (AvgIpc) is 2.65. The van der Waals surface area contributed by atoms with Gasteiger partial charge >= 0.3 is 0 Å². The molecule has 2 aromatic carbocycles. The van der Waals surface area contributed by atoms with Crippen molar-refractivity contribution in [2.24, 2.45) is 5.41 Å². The number of benzene rings is 2. The van der Waals surface area contributed by atoms with Crippen molar-refractivity contribution in [3.05, 3.63) is 75.5 Å². The largest absolute Gasteiger partial charge is 0.474 e. The highest BCUT2D eigenvalue weighted by Gasteiger charge is 2.46. The molecule has 0 aromatic heterocycles. The fourth-order valence-electron chi connectivity index (χ4n) is 4.95. The van der Waals surface area contributed by atoms with E-state index in [2.05, 4.69) is 83.2 Å². The van der Waals surface area contributed by atoms with E-state index in [1.54, 1.807) is 0 Å². The molecule has 0 saturated carbocycles. The first kappa shape index (κ1) is 18.0. The highest BCUT2D eigenvalue weighted by molar-refractivity contribution is 9.10. The molecule has 2 aromatic rings. The lowest BCUT2D eigenvalue weighted by atomic mass is 9.69. The Morgan fingerprint density at radius 1 is 1.11 bits per heavy atom. The second kappa shape index (κ2) is 6.48. The van der Waals surface area contributed by atoms with Gasteiger partial charge in [-0.3, -0.25) is 4.79 Å². The molecule has 2 aliphatic heterocycles. The number of hydrogen-bond donors (Lipinski definition) is 0. The Balaban J connectivity index is 1.57. The molecule has 4 heteroatoms. The molecule has 0 spiro atoms. The van der Waals surface area contributed by atoms with Crippen molar-refractivity contribution in [2.45, 2.75) is 51.8 Å². The van der Waals surface area contributed by atoms with Crippen molar-refractivity contribution in [3.63, 3.8) is 0 Å². The SMILES string of the molecule is CC1(C)CC(=O)C2=C(C1)O[C@@H]1C[C@H]2c2ccccc2N1Cc1ccc(Br)cc1. The third kappa shape index (κ3) is 2.98. The predicted molar refractivity (Wildman–Crippen MR) is 114 cm³/mol. The third-order valence-corrected chi connectivity index (χ3v) is 6.71. The normalized spacial score (nSPS) is 25.1. The van der Waals surface area contributed by atoms with Gasteiger partial charge in [-0.05, 0) is 34.7 Å². The minimum atomic E-state index is -0.0302. The molecule has 0 saturated heterocycles. The first-order valence-electron chi connectivity index (χ1n) is 9.94. The lowest BCUT2D eigenvalue weighted by Crippen LogP contribution is -2.47. The number of ether oxygens (including phenoxy) is 1. The van der Waals surface area contributed by atoms with Crippen LogP contribution in [0.3, 0.4) is 0 Å². The predicted octanol–water partition coefficient (Wildman–Crippen LogP) is 5.94. The Kier molecular flexibility index (Phi) is 4.16. The standard InChI is InChI=1S/C24H24BrNO2/c1-24(2)12-20(27)23-18-11-22(28-21(23)13-24)26(19-6-4-3-5-17(18)19)14-15-7-9-16(25)10-8-15/h3-10,18,22H,11-14H2,1-2H3/t18-,22+/m0/s1. The van der Waals surface area contributed by atoms with Crippen LogP contribution in [-0.2, 0) is 16.1 Å². The van der Waals surface area contributed by atoms with Gasteiger partial charge in [-0.1, -0.05) is 60.1 Å². The molecule has 2 heterocycles. The van der Waals surface area contributed by atoms with Gasteiger partial charge in [0, 0.05) is 47.5 Å². The minimum absolute atomic E-state index is 0.0241. The summed E-state index contributed by atoms with van der Waals surface area (Å²) < 4.78 is 7.59. The number of Topliss-reactive ketones (excluding diaryl/α,β-unsaturated/α-hetero) is 1. The van der Waals surface area contributed by atoms with E-state index in [4.69, 9.17) is 4.74 Å². The Morgan fingerprint density at radius 2 is 1.86 bits per heavy atom. The van der Waals surface area contributed by atoms with Crippen molar-refractivity contribution in [1.82, 2.24) is 0 Å². The fourth-order valence-corrected chi connectivity index (χ4v) is 5.21. The lowest BCUT2D eigenvalue weighted by molar-refractivity contribution is -0.120. The first-order valence-corrected chi connectivity index (χ1v) is 10.7. The molecule has 3 aliphatic rings. The van der Waals surface area contributed by atoms with Gasteiger partial charge in [0.25, 0.3) is 0 Å². The van der Waals surface area contributed by atoms with Gasteiger partial charge in [0.2, 0.25) is 0 Å². The second-order valence-corrected chi connectivity index (χ2v) is 9.87. The molecule has 144 valence electrons. The van der Waals surface area contributed by atoms with Crippen LogP contribution in [0.2, 0.25) is 0 Å². The van der Waals surface area contributed by atoms with Crippen molar-refractivity contribution in [3.8, 4) is 0 Å². The molecule has 0 fully saturated rings. The van der Waals surface area contributed by atoms with Gasteiger partial charge in [0.05, 0.1) is 0 Å². The zero-order chi connectivity index (χ0) is 19.5. The van der Waals surface area contributed by atoms with E-state index in [0.717, 1.165) is 35.2 Å². The molecule has 5 rings (SSSR count). The Hall–Kier alpha value is -2.07. The van der Waals surface area contributed by atoms with E-state index in [1.165, 1.54) is 16.8 Å². The van der Waals surface area contributed by atoms with E-state index in [-0.39, 0.29) is 23.3 Å². The molecule has 2 atom stereocenters. The van der Waals surface area contributed by atoms with Crippen LogP contribution in [0.5, 0.6) is 0 Å². The number of nitrogens with zero attached hydrogens (tertiary/aromatic N) is 1. The Labute approximate surface area is 174 Å². The Morgan fingerprint density at radius 3 is 2.64 bits per heavy atom. The number of anilines is 1. The maximum absolute atomic E-state index is 13.0. The Bertz CT molecular complexity index is 976. The van der Waals surface area contributed by atoms with E-state index < -0.39 is 0 Å². The summed E-state index contributed by atoms with van der Waals surface area (Å²) in [4.78, 5) is 15.4. The zero-order valence-electron chi connectivity index (χ0n) is 16.2. The topological polar surface area (TPSA) is 29.5 Å². The van der Waals surface area contributed by atoms with Crippen molar-refractivity contribution in [1.29, 1.82) is 0 Å². The third-order valence-electron chi connectivity index (χ3n) is 6.18. The summed E-state index contributed by atoms with van der Waals surface area (Å²) in [5.41, 5.74) is 4.61. The number of carbonyl (C=O) groups excluding carboxylic acids is 1. The van der Waals surface area contributed by atoms with E-state index >= 15 is 0 Å². The molecule has 28 heavy (non-hydrogen) atoms. The van der Waals surface area contributed by atoms with Crippen molar-refractivity contribution in [2.75, 3.05) is 4.90 Å². The number of para-hydroxylation sites is 1. The van der Waals surface area contributed by atoms with Gasteiger partial charge < -0.3 is 9.64 Å². The van der Waals surface area contributed by atoms with Crippen LogP contribution in [-0.4, -0.2) is 12.0 Å². The maximum Gasteiger partial charge on any atom is 0.173 e. The van der Waals surface area contributed by atoms with Gasteiger partial charge in [-0.25, -0.2) is 0 Å². The smallest absolute Gasteiger partial charge is 0.173 e. The molecule has 0 radical (unpaired) electrons. The molecular weight excluding hydrogens is 414 g/mol. The number of ketones is 1. The fraction of sp³-hybridized carbons (Fsp3) is 0.375. The number of rotatable bonds is 2.